The summed E-state index contributed by atoms with van der Waals surface area (Å²) >= 11 is 6.38. The summed E-state index contributed by atoms with van der Waals surface area (Å²) in [4.78, 5) is 39.7. The number of hydrogen-bond acceptors (Lipinski definition) is 4. The van der Waals surface area contributed by atoms with Crippen molar-refractivity contribution in [2.75, 3.05) is 14.2 Å². The van der Waals surface area contributed by atoms with Gasteiger partial charge in [-0.25, -0.2) is 0 Å². The standard InChI is InChI=1S/C21H24ClNO4/c1-6-7-13-8-15(22)19(18(9-13)27-5)20-16(24)10-14(11-17(20)25)21(26)23(4)12(2)3/h8-9,12,14,20H,10-11H2,1-5H3. The molecule has 144 valence electrons. The van der Waals surface area contributed by atoms with Crippen molar-refractivity contribution in [1.29, 1.82) is 0 Å². The first kappa shape index (κ1) is 21.0. The molecule has 1 fully saturated rings. The first-order valence-corrected chi connectivity index (χ1v) is 9.21. The third-order valence-corrected chi connectivity index (χ3v) is 5.19. The maximum Gasteiger partial charge on any atom is 0.226 e. The minimum atomic E-state index is -1.01. The van der Waals surface area contributed by atoms with Crippen LogP contribution in [0.4, 0.5) is 0 Å². The van der Waals surface area contributed by atoms with Gasteiger partial charge in [-0.2, -0.15) is 0 Å². The molecule has 0 atom stereocenters. The molecule has 0 aromatic heterocycles. The maximum absolute atomic E-state index is 12.8. The minimum absolute atomic E-state index is 0.00202. The molecule has 1 aromatic rings. The summed E-state index contributed by atoms with van der Waals surface area (Å²) in [7, 11) is 3.14. The Morgan fingerprint density at radius 2 is 1.85 bits per heavy atom. The number of carbonyl (C=O) groups excluding carboxylic acids is 3. The van der Waals surface area contributed by atoms with Crippen LogP contribution in [-0.2, 0) is 14.4 Å². The lowest BCUT2D eigenvalue weighted by Crippen LogP contribution is -2.43. The van der Waals surface area contributed by atoms with Crippen LogP contribution in [0, 0.1) is 17.8 Å². The Morgan fingerprint density at radius 1 is 1.26 bits per heavy atom. The van der Waals surface area contributed by atoms with Crippen LogP contribution in [0.25, 0.3) is 0 Å². The van der Waals surface area contributed by atoms with Crippen LogP contribution in [0.1, 0.15) is 50.7 Å². The van der Waals surface area contributed by atoms with Crippen LogP contribution < -0.4 is 4.74 Å². The van der Waals surface area contributed by atoms with Gasteiger partial charge in [-0.3, -0.25) is 14.4 Å². The Morgan fingerprint density at radius 3 is 2.33 bits per heavy atom. The third kappa shape index (κ3) is 4.33. The number of methoxy groups -OCH3 is 1. The number of ketones is 2. The number of Topliss-reactive ketones (excluding diaryl/α,β-unsaturated/α-hetero) is 2. The average Bonchev–Trinajstić information content (AvgIpc) is 2.61. The van der Waals surface area contributed by atoms with Gasteiger partial charge in [-0.1, -0.05) is 17.5 Å². The van der Waals surface area contributed by atoms with Crippen LogP contribution in [0.2, 0.25) is 5.02 Å². The number of nitrogens with zero attached hydrogens (tertiary/aromatic N) is 1. The predicted molar refractivity (Wildman–Crippen MR) is 104 cm³/mol. The van der Waals surface area contributed by atoms with E-state index in [0.29, 0.717) is 16.9 Å². The van der Waals surface area contributed by atoms with Gasteiger partial charge in [-0.15, -0.1) is 5.92 Å². The zero-order valence-electron chi connectivity index (χ0n) is 16.3. The van der Waals surface area contributed by atoms with Crippen LogP contribution in [0.15, 0.2) is 12.1 Å². The van der Waals surface area contributed by atoms with Crippen LogP contribution in [0.3, 0.4) is 0 Å². The molecule has 0 N–H and O–H groups in total. The lowest BCUT2D eigenvalue weighted by atomic mass is 9.75. The SMILES string of the molecule is CC#Cc1cc(Cl)c(C2C(=O)CC(C(=O)N(C)C(C)C)CC2=O)c(OC)c1. The van der Waals surface area contributed by atoms with E-state index in [-0.39, 0.29) is 41.4 Å². The van der Waals surface area contributed by atoms with Crippen LogP contribution >= 0.6 is 11.6 Å². The summed E-state index contributed by atoms with van der Waals surface area (Å²) in [5.74, 6) is 3.59. The Labute approximate surface area is 165 Å². The zero-order valence-corrected chi connectivity index (χ0v) is 17.0. The first-order valence-electron chi connectivity index (χ1n) is 8.83. The van der Waals surface area contributed by atoms with Crippen molar-refractivity contribution in [2.24, 2.45) is 5.92 Å². The fourth-order valence-corrected chi connectivity index (χ4v) is 3.59. The topological polar surface area (TPSA) is 63.7 Å². The van der Waals surface area contributed by atoms with E-state index in [2.05, 4.69) is 11.8 Å². The highest BCUT2D eigenvalue weighted by Crippen LogP contribution is 2.40. The van der Waals surface area contributed by atoms with Crippen molar-refractivity contribution < 1.29 is 19.1 Å². The normalized spacial score (nSPS) is 19.5. The second-order valence-electron chi connectivity index (χ2n) is 6.96. The molecule has 0 bridgehead atoms. The molecule has 1 aromatic carbocycles. The van der Waals surface area contributed by atoms with Gasteiger partial charge in [0, 0.05) is 42.1 Å². The monoisotopic (exact) mass is 389 g/mol. The van der Waals surface area contributed by atoms with Gasteiger partial charge in [0.15, 0.2) is 0 Å². The zero-order chi connectivity index (χ0) is 20.3. The summed E-state index contributed by atoms with van der Waals surface area (Å²) in [6.45, 7) is 5.48. The Bertz CT molecular complexity index is 817. The molecule has 0 aliphatic heterocycles. The second kappa shape index (κ2) is 8.58. The van der Waals surface area contributed by atoms with E-state index in [1.165, 1.54) is 7.11 Å². The molecule has 0 unspecified atom stereocenters. The Hall–Kier alpha value is -2.32. The average molecular weight is 390 g/mol. The highest BCUT2D eigenvalue weighted by Gasteiger charge is 2.42. The summed E-state index contributed by atoms with van der Waals surface area (Å²) in [5.41, 5.74) is 1.00. The number of rotatable bonds is 4. The Balaban J connectivity index is 2.37. The number of benzene rings is 1. The lowest BCUT2D eigenvalue weighted by molar-refractivity contribution is -0.144. The molecular weight excluding hydrogens is 366 g/mol. The first-order chi connectivity index (χ1) is 12.7. The van der Waals surface area contributed by atoms with Crippen molar-refractivity contribution >= 4 is 29.1 Å². The number of carbonyl (C=O) groups is 3. The van der Waals surface area contributed by atoms with E-state index in [4.69, 9.17) is 16.3 Å². The van der Waals surface area contributed by atoms with Crippen molar-refractivity contribution in [1.82, 2.24) is 4.90 Å². The lowest BCUT2D eigenvalue weighted by Gasteiger charge is -2.31. The molecule has 0 saturated heterocycles. The van der Waals surface area contributed by atoms with Crippen LogP contribution in [-0.4, -0.2) is 42.6 Å². The minimum Gasteiger partial charge on any atom is -0.496 e. The van der Waals surface area contributed by atoms with E-state index in [1.807, 2.05) is 13.8 Å². The number of halogens is 1. The number of ether oxygens (including phenoxy) is 1. The molecule has 0 heterocycles. The van der Waals surface area contributed by atoms with E-state index in [1.54, 1.807) is 31.0 Å². The van der Waals surface area contributed by atoms with E-state index in [9.17, 15) is 14.4 Å². The van der Waals surface area contributed by atoms with Crippen molar-refractivity contribution in [3.63, 3.8) is 0 Å². The van der Waals surface area contributed by atoms with Crippen molar-refractivity contribution in [2.45, 2.75) is 45.6 Å². The summed E-state index contributed by atoms with van der Waals surface area (Å²) in [5, 5.41) is 0.267. The third-order valence-electron chi connectivity index (χ3n) is 4.88. The fraction of sp³-hybridized carbons (Fsp3) is 0.476. The van der Waals surface area contributed by atoms with Gasteiger partial charge in [-0.05, 0) is 32.9 Å². The maximum atomic E-state index is 12.8. The fourth-order valence-electron chi connectivity index (χ4n) is 3.27. The molecule has 1 saturated carbocycles. The van der Waals surface area contributed by atoms with Gasteiger partial charge < -0.3 is 9.64 Å². The smallest absolute Gasteiger partial charge is 0.226 e. The molecule has 6 heteroatoms. The number of amides is 1. The molecule has 1 aliphatic carbocycles. The Kier molecular flexibility index (Phi) is 6.67. The van der Waals surface area contributed by atoms with Gasteiger partial charge >= 0.3 is 0 Å². The van der Waals surface area contributed by atoms with Gasteiger partial charge in [0.05, 0.1) is 13.0 Å². The molecule has 1 amide bonds. The van der Waals surface area contributed by atoms with E-state index in [0.717, 1.165) is 0 Å². The summed E-state index contributed by atoms with van der Waals surface area (Å²) in [6, 6.07) is 3.30. The molecular formula is C21H24ClNO4. The predicted octanol–water partition coefficient (Wildman–Crippen LogP) is 3.22. The summed E-state index contributed by atoms with van der Waals surface area (Å²) in [6.07, 6.45) is 0.0323. The molecule has 1 aliphatic rings. The quantitative estimate of drug-likeness (QED) is 0.586. The largest absolute Gasteiger partial charge is 0.496 e. The van der Waals surface area contributed by atoms with Gasteiger partial charge in [0.2, 0.25) is 5.91 Å². The molecule has 27 heavy (non-hydrogen) atoms. The van der Waals surface area contributed by atoms with E-state index >= 15 is 0 Å². The summed E-state index contributed by atoms with van der Waals surface area (Å²) < 4.78 is 5.38. The highest BCUT2D eigenvalue weighted by molar-refractivity contribution is 6.33. The van der Waals surface area contributed by atoms with Gasteiger partial charge in [0.1, 0.15) is 23.2 Å². The molecule has 5 nitrogen and oxygen atoms in total. The van der Waals surface area contributed by atoms with Crippen molar-refractivity contribution in [3.05, 3.63) is 28.3 Å². The number of hydrogen-bond donors (Lipinski definition) is 0. The van der Waals surface area contributed by atoms with E-state index < -0.39 is 11.8 Å². The molecule has 0 spiro atoms. The molecule has 2 rings (SSSR count). The highest BCUT2D eigenvalue weighted by atomic mass is 35.5. The van der Waals surface area contributed by atoms with Gasteiger partial charge in [0.25, 0.3) is 0 Å². The second-order valence-corrected chi connectivity index (χ2v) is 7.37. The van der Waals surface area contributed by atoms with Crippen LogP contribution in [0.5, 0.6) is 5.75 Å². The molecule has 0 radical (unpaired) electrons. The van der Waals surface area contributed by atoms with Crippen molar-refractivity contribution in [3.8, 4) is 17.6 Å².